The van der Waals surface area contributed by atoms with E-state index in [4.69, 9.17) is 0 Å². The van der Waals surface area contributed by atoms with Crippen LogP contribution in [-0.4, -0.2) is 15.7 Å². The van der Waals surface area contributed by atoms with Crippen molar-refractivity contribution in [2.45, 2.75) is 0 Å². The van der Waals surface area contributed by atoms with Crippen LogP contribution in [0.15, 0.2) is 126 Å². The molecule has 164 valence electrons. The molecule has 0 aliphatic heterocycles. The predicted molar refractivity (Wildman–Crippen MR) is 137 cm³/mol. The molecule has 1 heterocycles. The average molecular weight is 444 g/mol. The first-order chi connectivity index (χ1) is 16.7. The van der Waals surface area contributed by atoms with Gasteiger partial charge in [0, 0.05) is 29.6 Å². The maximum atomic E-state index is 11.0. The van der Waals surface area contributed by atoms with Gasteiger partial charge >= 0.3 is 0 Å². The minimum atomic E-state index is -0.410. The number of aliphatic imine (C=N–C) groups is 1. The summed E-state index contributed by atoms with van der Waals surface area (Å²) >= 11 is 0. The Balaban J connectivity index is 1.71. The van der Waals surface area contributed by atoms with E-state index in [0.29, 0.717) is 5.69 Å². The Bertz CT molecular complexity index is 1440. The van der Waals surface area contributed by atoms with Crippen molar-refractivity contribution in [3.8, 4) is 28.2 Å². The number of aromatic nitrogens is 1. The molecule has 1 aromatic heterocycles. The molecular formula is C29H21N3O2. The largest absolute Gasteiger partial charge is 0.309 e. The number of hydrogen-bond donors (Lipinski definition) is 0. The number of para-hydroxylation sites is 1. The summed E-state index contributed by atoms with van der Waals surface area (Å²) in [6, 6.07) is 39.1. The minimum Gasteiger partial charge on any atom is -0.309 e. The summed E-state index contributed by atoms with van der Waals surface area (Å²) in [5, 5.41) is 11.0. The van der Waals surface area contributed by atoms with E-state index in [9.17, 15) is 10.1 Å². The molecule has 0 aliphatic carbocycles. The van der Waals surface area contributed by atoms with E-state index in [1.165, 1.54) is 12.1 Å². The number of benzene rings is 4. The van der Waals surface area contributed by atoms with E-state index in [1.807, 2.05) is 60.8 Å². The lowest BCUT2D eigenvalue weighted by molar-refractivity contribution is -0.384. The Labute approximate surface area is 197 Å². The first-order valence-corrected chi connectivity index (χ1v) is 10.9. The van der Waals surface area contributed by atoms with Crippen molar-refractivity contribution in [3.63, 3.8) is 0 Å². The van der Waals surface area contributed by atoms with Crippen molar-refractivity contribution in [1.82, 2.24) is 4.57 Å². The van der Waals surface area contributed by atoms with E-state index in [2.05, 4.69) is 52.0 Å². The number of nitro benzene ring substituents is 1. The zero-order chi connectivity index (χ0) is 23.3. The lowest BCUT2D eigenvalue weighted by Crippen LogP contribution is -2.00. The van der Waals surface area contributed by atoms with Gasteiger partial charge in [0.05, 0.1) is 22.0 Å². The Morgan fingerprint density at radius 3 is 1.85 bits per heavy atom. The molecule has 0 radical (unpaired) electrons. The lowest BCUT2D eigenvalue weighted by Gasteiger charge is -2.15. The molecule has 4 aromatic carbocycles. The summed E-state index contributed by atoms with van der Waals surface area (Å²) in [6.07, 6.45) is 1.83. The topological polar surface area (TPSA) is 60.4 Å². The number of non-ortho nitro benzene ring substituents is 1. The van der Waals surface area contributed by atoms with Gasteiger partial charge in [-0.05, 0) is 41.5 Å². The van der Waals surface area contributed by atoms with Crippen LogP contribution in [0.1, 0.15) is 5.56 Å². The highest BCUT2D eigenvalue weighted by molar-refractivity contribution is 5.94. The number of hydrogen-bond acceptors (Lipinski definition) is 3. The van der Waals surface area contributed by atoms with Gasteiger partial charge < -0.3 is 4.57 Å². The second kappa shape index (κ2) is 9.38. The number of nitro groups is 1. The zero-order valence-electron chi connectivity index (χ0n) is 18.3. The normalized spacial score (nSPS) is 11.1. The third-order valence-electron chi connectivity index (χ3n) is 5.57. The first kappa shape index (κ1) is 21.1. The molecule has 5 aromatic rings. The summed E-state index contributed by atoms with van der Waals surface area (Å²) in [5.41, 5.74) is 6.94. The summed E-state index contributed by atoms with van der Waals surface area (Å²) in [6.45, 7) is 0. The molecule has 0 spiro atoms. The molecule has 0 atom stereocenters. The number of nitrogens with zero attached hydrogens (tertiary/aromatic N) is 3. The van der Waals surface area contributed by atoms with Crippen LogP contribution in [0.5, 0.6) is 0 Å². The van der Waals surface area contributed by atoms with Crippen LogP contribution in [-0.2, 0) is 0 Å². The molecule has 5 rings (SSSR count). The Kier molecular flexibility index (Phi) is 5.82. The lowest BCUT2D eigenvalue weighted by atomic mass is 10.1. The molecule has 0 saturated heterocycles. The highest BCUT2D eigenvalue weighted by Gasteiger charge is 2.18. The third-order valence-corrected chi connectivity index (χ3v) is 5.57. The molecule has 0 bridgehead atoms. The SMILES string of the molecule is O=[N+]([O-])c1ccc(N=Cc2cc(-c3ccccc3)n(-c3ccccc3)c2-c2ccccc2)cc1. The van der Waals surface area contributed by atoms with Gasteiger partial charge in [0.2, 0.25) is 0 Å². The van der Waals surface area contributed by atoms with Gasteiger partial charge in [0.15, 0.2) is 0 Å². The molecule has 0 unspecified atom stereocenters. The van der Waals surface area contributed by atoms with Crippen molar-refractivity contribution in [2.75, 3.05) is 0 Å². The molecule has 0 N–H and O–H groups in total. The Hall–Kier alpha value is -4.77. The van der Waals surface area contributed by atoms with Crippen LogP contribution in [0.2, 0.25) is 0 Å². The third kappa shape index (κ3) is 4.27. The van der Waals surface area contributed by atoms with E-state index < -0.39 is 4.92 Å². The maximum absolute atomic E-state index is 11.0. The fourth-order valence-electron chi connectivity index (χ4n) is 3.99. The molecule has 0 saturated carbocycles. The van der Waals surface area contributed by atoms with Crippen molar-refractivity contribution in [3.05, 3.63) is 137 Å². The van der Waals surface area contributed by atoms with Crippen LogP contribution in [0.3, 0.4) is 0 Å². The quantitative estimate of drug-likeness (QED) is 0.155. The van der Waals surface area contributed by atoms with Crippen LogP contribution >= 0.6 is 0 Å². The van der Waals surface area contributed by atoms with Gasteiger partial charge in [-0.15, -0.1) is 0 Å². The van der Waals surface area contributed by atoms with Crippen molar-refractivity contribution >= 4 is 17.6 Å². The van der Waals surface area contributed by atoms with E-state index >= 15 is 0 Å². The van der Waals surface area contributed by atoms with Crippen molar-refractivity contribution < 1.29 is 4.92 Å². The molecule has 34 heavy (non-hydrogen) atoms. The van der Waals surface area contributed by atoms with Gasteiger partial charge in [-0.25, -0.2) is 0 Å². The summed E-state index contributed by atoms with van der Waals surface area (Å²) in [5.74, 6) is 0. The number of rotatable bonds is 6. The van der Waals surface area contributed by atoms with Crippen LogP contribution in [0.4, 0.5) is 11.4 Å². The summed E-state index contributed by atoms with van der Waals surface area (Å²) < 4.78 is 2.25. The van der Waals surface area contributed by atoms with Crippen LogP contribution in [0.25, 0.3) is 28.2 Å². The first-order valence-electron chi connectivity index (χ1n) is 10.9. The second-order valence-corrected chi connectivity index (χ2v) is 7.77. The van der Waals surface area contributed by atoms with Gasteiger partial charge in [-0.2, -0.15) is 0 Å². The predicted octanol–water partition coefficient (Wildman–Crippen LogP) is 7.47. The molecule has 0 aliphatic rings. The fourth-order valence-corrected chi connectivity index (χ4v) is 3.99. The maximum Gasteiger partial charge on any atom is 0.269 e. The van der Waals surface area contributed by atoms with E-state index in [0.717, 1.165) is 33.8 Å². The standard InChI is InChI=1S/C29H21N3O2/c33-32(34)27-18-16-25(17-19-27)30-21-24-20-28(22-10-4-1-5-11-22)31(26-14-8-3-9-15-26)29(24)23-12-6-2-7-13-23/h1-21H. The second-order valence-electron chi connectivity index (χ2n) is 7.77. The smallest absolute Gasteiger partial charge is 0.269 e. The molecule has 5 heteroatoms. The Morgan fingerprint density at radius 2 is 1.26 bits per heavy atom. The van der Waals surface area contributed by atoms with Gasteiger partial charge in [-0.1, -0.05) is 78.9 Å². The van der Waals surface area contributed by atoms with E-state index in [1.54, 1.807) is 12.1 Å². The molecule has 0 fully saturated rings. The van der Waals surface area contributed by atoms with Crippen LogP contribution < -0.4 is 0 Å². The summed E-state index contributed by atoms with van der Waals surface area (Å²) in [4.78, 5) is 15.2. The van der Waals surface area contributed by atoms with Gasteiger partial charge in [-0.3, -0.25) is 15.1 Å². The zero-order valence-corrected chi connectivity index (χ0v) is 18.3. The Morgan fingerprint density at radius 1 is 0.706 bits per heavy atom. The van der Waals surface area contributed by atoms with Crippen molar-refractivity contribution in [1.29, 1.82) is 0 Å². The molecule has 0 amide bonds. The molecular weight excluding hydrogens is 422 g/mol. The minimum absolute atomic E-state index is 0.0468. The summed E-state index contributed by atoms with van der Waals surface area (Å²) in [7, 11) is 0. The molecule has 5 nitrogen and oxygen atoms in total. The van der Waals surface area contributed by atoms with Gasteiger partial charge in [0.1, 0.15) is 0 Å². The monoisotopic (exact) mass is 443 g/mol. The highest BCUT2D eigenvalue weighted by Crippen LogP contribution is 2.35. The highest BCUT2D eigenvalue weighted by atomic mass is 16.6. The van der Waals surface area contributed by atoms with Gasteiger partial charge in [0.25, 0.3) is 5.69 Å². The van der Waals surface area contributed by atoms with Crippen LogP contribution in [0, 0.1) is 10.1 Å². The average Bonchev–Trinajstić information content (AvgIpc) is 3.29. The van der Waals surface area contributed by atoms with E-state index in [-0.39, 0.29) is 5.69 Å². The fraction of sp³-hybridized carbons (Fsp3) is 0. The van der Waals surface area contributed by atoms with Crippen molar-refractivity contribution in [2.24, 2.45) is 4.99 Å².